The summed E-state index contributed by atoms with van der Waals surface area (Å²) in [5.74, 6) is -2.15. The fourth-order valence-corrected chi connectivity index (χ4v) is 1.74. The average molecular weight is 258 g/mol. The zero-order valence-corrected chi connectivity index (χ0v) is 9.39. The van der Waals surface area contributed by atoms with Crippen molar-refractivity contribution in [3.63, 3.8) is 0 Å². The Kier molecular flexibility index (Phi) is 2.93. The molecule has 1 heterocycles. The van der Waals surface area contributed by atoms with Gasteiger partial charge in [0.15, 0.2) is 5.69 Å². The summed E-state index contributed by atoms with van der Waals surface area (Å²) in [6, 6.07) is 3.00. The molecule has 0 unspecified atom stereocenters. The Morgan fingerprint density at radius 1 is 1.35 bits per heavy atom. The van der Waals surface area contributed by atoms with Gasteiger partial charge in [-0.3, -0.25) is 0 Å². The molecule has 1 aromatic carbocycles. The first-order chi connectivity index (χ1) is 8.04. The van der Waals surface area contributed by atoms with Crippen LogP contribution in [0.15, 0.2) is 18.2 Å². The molecule has 0 aliphatic heterocycles. The first kappa shape index (κ1) is 11.7. The Morgan fingerprint density at radius 2 is 2.00 bits per heavy atom. The first-order valence-electron chi connectivity index (χ1n) is 4.57. The van der Waals surface area contributed by atoms with E-state index in [0.29, 0.717) is 0 Å². The molecule has 0 saturated heterocycles. The van der Waals surface area contributed by atoms with Gasteiger partial charge in [-0.1, -0.05) is 11.6 Å². The number of methoxy groups -OCH3 is 1. The number of esters is 1. The Balaban J connectivity index is 2.82. The number of benzene rings is 1. The molecule has 0 bridgehead atoms. The van der Waals surface area contributed by atoms with Gasteiger partial charge < -0.3 is 4.74 Å². The number of halogens is 3. The summed E-state index contributed by atoms with van der Waals surface area (Å²) in [5.41, 5.74) is -0.172. The van der Waals surface area contributed by atoms with Crippen molar-refractivity contribution in [2.24, 2.45) is 0 Å². The van der Waals surface area contributed by atoms with Crippen LogP contribution in [0.25, 0.3) is 10.8 Å². The van der Waals surface area contributed by atoms with E-state index < -0.39 is 17.6 Å². The van der Waals surface area contributed by atoms with Gasteiger partial charge in [-0.25, -0.2) is 18.6 Å². The van der Waals surface area contributed by atoms with Crippen LogP contribution in [0.1, 0.15) is 10.5 Å². The monoisotopic (exact) mass is 257 g/mol. The van der Waals surface area contributed by atoms with Gasteiger partial charge in [0, 0.05) is 5.39 Å². The minimum absolute atomic E-state index is 0.106. The fraction of sp³-hybridized carbons (Fsp3) is 0.0909. The van der Waals surface area contributed by atoms with E-state index >= 15 is 0 Å². The maximum atomic E-state index is 13.5. The number of aromatic nitrogens is 1. The van der Waals surface area contributed by atoms with E-state index in [9.17, 15) is 13.6 Å². The van der Waals surface area contributed by atoms with Gasteiger partial charge in [-0.15, -0.1) is 0 Å². The molecule has 17 heavy (non-hydrogen) atoms. The van der Waals surface area contributed by atoms with E-state index in [-0.39, 0.29) is 21.6 Å². The molecule has 6 heteroatoms. The smallest absolute Gasteiger partial charge is 0.356 e. The van der Waals surface area contributed by atoms with Gasteiger partial charge >= 0.3 is 5.97 Å². The predicted octanol–water partition coefficient (Wildman–Crippen LogP) is 2.95. The summed E-state index contributed by atoms with van der Waals surface area (Å²) >= 11 is 5.71. The molecule has 88 valence electrons. The van der Waals surface area contributed by atoms with Crippen molar-refractivity contribution in [1.82, 2.24) is 4.98 Å². The molecule has 0 aliphatic carbocycles. The SMILES string of the molecule is COC(=O)c1cc2c(F)ccc(F)c2c(Cl)n1. The largest absolute Gasteiger partial charge is 0.464 e. The Labute approximate surface area is 100.0 Å². The van der Waals surface area contributed by atoms with Gasteiger partial charge in [0.05, 0.1) is 12.5 Å². The normalized spacial score (nSPS) is 10.6. The van der Waals surface area contributed by atoms with Crippen LogP contribution in [-0.4, -0.2) is 18.1 Å². The molecular weight excluding hydrogens is 252 g/mol. The lowest BCUT2D eigenvalue weighted by molar-refractivity contribution is 0.0594. The van der Waals surface area contributed by atoms with Crippen molar-refractivity contribution in [1.29, 1.82) is 0 Å². The van der Waals surface area contributed by atoms with Gasteiger partial charge in [-0.05, 0) is 18.2 Å². The second-order valence-electron chi connectivity index (χ2n) is 3.24. The molecule has 2 rings (SSSR count). The number of ether oxygens (including phenoxy) is 1. The molecule has 0 saturated carbocycles. The Hall–Kier alpha value is -1.75. The summed E-state index contributed by atoms with van der Waals surface area (Å²) in [7, 11) is 1.16. The Morgan fingerprint density at radius 3 is 2.65 bits per heavy atom. The third-order valence-electron chi connectivity index (χ3n) is 2.24. The van der Waals surface area contributed by atoms with Crippen LogP contribution >= 0.6 is 11.6 Å². The van der Waals surface area contributed by atoms with Crippen molar-refractivity contribution >= 4 is 28.3 Å². The molecule has 0 atom stereocenters. The quantitative estimate of drug-likeness (QED) is 0.582. The number of carbonyl (C=O) groups excluding carboxylic acids is 1. The fourth-order valence-electron chi connectivity index (χ4n) is 1.46. The third kappa shape index (κ3) is 1.93. The first-order valence-corrected chi connectivity index (χ1v) is 4.95. The molecule has 0 amide bonds. The van der Waals surface area contributed by atoms with E-state index in [1.807, 2.05) is 0 Å². The lowest BCUT2D eigenvalue weighted by atomic mass is 10.1. The minimum atomic E-state index is -0.766. The van der Waals surface area contributed by atoms with Crippen LogP contribution in [0.2, 0.25) is 5.15 Å². The second-order valence-corrected chi connectivity index (χ2v) is 3.60. The van der Waals surface area contributed by atoms with Crippen LogP contribution in [0, 0.1) is 11.6 Å². The van der Waals surface area contributed by atoms with Crippen molar-refractivity contribution in [2.75, 3.05) is 7.11 Å². The highest BCUT2D eigenvalue weighted by Gasteiger charge is 2.16. The topological polar surface area (TPSA) is 39.2 Å². The molecule has 0 spiro atoms. The highest BCUT2D eigenvalue weighted by atomic mass is 35.5. The summed E-state index contributed by atoms with van der Waals surface area (Å²) in [5, 5.41) is -0.537. The molecule has 3 nitrogen and oxygen atoms in total. The molecule has 0 radical (unpaired) electrons. The lowest BCUT2D eigenvalue weighted by Gasteiger charge is -2.05. The lowest BCUT2D eigenvalue weighted by Crippen LogP contribution is -2.05. The van der Waals surface area contributed by atoms with Gasteiger partial charge in [0.2, 0.25) is 0 Å². The van der Waals surface area contributed by atoms with Gasteiger partial charge in [0.25, 0.3) is 0 Å². The van der Waals surface area contributed by atoms with Crippen molar-refractivity contribution in [2.45, 2.75) is 0 Å². The maximum Gasteiger partial charge on any atom is 0.356 e. The summed E-state index contributed by atoms with van der Waals surface area (Å²) in [6.45, 7) is 0. The van der Waals surface area contributed by atoms with E-state index in [1.165, 1.54) is 0 Å². The number of carbonyl (C=O) groups is 1. The number of nitrogens with zero attached hydrogens (tertiary/aromatic N) is 1. The minimum Gasteiger partial charge on any atom is -0.464 e. The van der Waals surface area contributed by atoms with Crippen LogP contribution in [0.5, 0.6) is 0 Å². The summed E-state index contributed by atoms with van der Waals surface area (Å²) < 4.78 is 31.4. The summed E-state index contributed by atoms with van der Waals surface area (Å²) in [4.78, 5) is 14.9. The van der Waals surface area contributed by atoms with Crippen LogP contribution in [-0.2, 0) is 4.74 Å². The highest BCUT2D eigenvalue weighted by molar-refractivity contribution is 6.34. The van der Waals surface area contributed by atoms with E-state index in [4.69, 9.17) is 11.6 Å². The summed E-state index contributed by atoms with van der Waals surface area (Å²) in [6.07, 6.45) is 0. The number of fused-ring (bicyclic) bond motifs is 1. The Bertz CT molecular complexity index is 616. The number of hydrogen-bond donors (Lipinski definition) is 0. The van der Waals surface area contributed by atoms with Gasteiger partial charge in [-0.2, -0.15) is 0 Å². The van der Waals surface area contributed by atoms with Crippen LogP contribution in [0.4, 0.5) is 8.78 Å². The molecule has 0 aliphatic rings. The van der Waals surface area contributed by atoms with Crippen molar-refractivity contribution in [3.05, 3.63) is 40.7 Å². The molecule has 1 aromatic heterocycles. The van der Waals surface area contributed by atoms with Crippen LogP contribution < -0.4 is 0 Å². The average Bonchev–Trinajstić information content (AvgIpc) is 2.32. The van der Waals surface area contributed by atoms with Crippen molar-refractivity contribution in [3.8, 4) is 0 Å². The zero-order valence-electron chi connectivity index (χ0n) is 8.63. The number of rotatable bonds is 1. The number of pyridine rings is 1. The van der Waals surface area contributed by atoms with Crippen LogP contribution in [0.3, 0.4) is 0 Å². The molecular formula is C11H6ClF2NO2. The third-order valence-corrected chi connectivity index (χ3v) is 2.52. The van der Waals surface area contributed by atoms with E-state index in [0.717, 1.165) is 25.3 Å². The van der Waals surface area contributed by atoms with E-state index in [2.05, 4.69) is 9.72 Å². The standard InChI is InChI=1S/C11H6ClF2NO2/c1-17-11(16)8-4-5-6(13)2-3-7(14)9(5)10(12)15-8/h2-4H,1H3. The molecule has 2 aromatic rings. The zero-order chi connectivity index (χ0) is 12.6. The van der Waals surface area contributed by atoms with Gasteiger partial charge in [0.1, 0.15) is 16.8 Å². The number of hydrogen-bond acceptors (Lipinski definition) is 3. The predicted molar refractivity (Wildman–Crippen MR) is 58.0 cm³/mol. The second kappa shape index (κ2) is 4.25. The van der Waals surface area contributed by atoms with Crippen molar-refractivity contribution < 1.29 is 18.3 Å². The van der Waals surface area contributed by atoms with E-state index in [1.54, 1.807) is 0 Å². The maximum absolute atomic E-state index is 13.5. The highest BCUT2D eigenvalue weighted by Crippen LogP contribution is 2.27. The molecule has 0 N–H and O–H groups in total. The molecule has 0 fully saturated rings.